The molecule has 0 saturated heterocycles. The van der Waals surface area contributed by atoms with Crippen LogP contribution in [0.1, 0.15) is 37.5 Å². The third-order valence-electron chi connectivity index (χ3n) is 2.72. The molecule has 0 bridgehead atoms. The summed E-state index contributed by atoms with van der Waals surface area (Å²) in [5.74, 6) is -0.215. The van der Waals surface area contributed by atoms with E-state index >= 15 is 0 Å². The largest absolute Gasteiger partial charge is 0.459 e. The molecule has 18 heavy (non-hydrogen) atoms. The molecule has 0 aliphatic heterocycles. The Hall–Kier alpha value is -1.35. The average molecular weight is 249 g/mol. The van der Waals surface area contributed by atoms with Crippen molar-refractivity contribution >= 4 is 5.97 Å². The minimum absolute atomic E-state index is 0.215. The van der Waals surface area contributed by atoms with E-state index in [0.29, 0.717) is 6.54 Å². The molecule has 0 aliphatic rings. The van der Waals surface area contributed by atoms with Crippen LogP contribution in [0.3, 0.4) is 0 Å². The average Bonchev–Trinajstić information content (AvgIpc) is 2.21. The van der Waals surface area contributed by atoms with Gasteiger partial charge in [-0.1, -0.05) is 18.2 Å². The zero-order chi connectivity index (χ0) is 13.8. The van der Waals surface area contributed by atoms with Crippen LogP contribution in [0.4, 0.5) is 0 Å². The van der Waals surface area contributed by atoms with Gasteiger partial charge in [0.05, 0.1) is 6.54 Å². The highest BCUT2D eigenvalue weighted by molar-refractivity contribution is 5.72. The fourth-order valence-corrected chi connectivity index (χ4v) is 1.68. The zero-order valence-corrected chi connectivity index (χ0v) is 12.0. The Labute approximate surface area is 110 Å². The third-order valence-corrected chi connectivity index (χ3v) is 2.72. The molecular formula is C15H23NO2. The van der Waals surface area contributed by atoms with Gasteiger partial charge in [0.1, 0.15) is 5.60 Å². The number of nitrogens with one attached hydrogen (secondary N) is 1. The van der Waals surface area contributed by atoms with Crippen molar-refractivity contribution < 1.29 is 9.53 Å². The van der Waals surface area contributed by atoms with E-state index in [0.717, 1.165) is 0 Å². The van der Waals surface area contributed by atoms with Crippen LogP contribution in [0.2, 0.25) is 0 Å². The fraction of sp³-hybridized carbons (Fsp3) is 0.533. The SMILES string of the molecule is Cc1cccc(CNCC(=O)OC(C)(C)C)c1C. The lowest BCUT2D eigenvalue weighted by molar-refractivity contribution is -0.153. The van der Waals surface area contributed by atoms with Crippen molar-refractivity contribution in [3.05, 3.63) is 34.9 Å². The van der Waals surface area contributed by atoms with Crippen LogP contribution >= 0.6 is 0 Å². The molecule has 100 valence electrons. The summed E-state index contributed by atoms with van der Waals surface area (Å²) in [5, 5.41) is 3.12. The number of benzene rings is 1. The summed E-state index contributed by atoms with van der Waals surface area (Å²) in [6.07, 6.45) is 0. The highest BCUT2D eigenvalue weighted by Gasteiger charge is 2.15. The fourth-order valence-electron chi connectivity index (χ4n) is 1.68. The molecule has 0 saturated carbocycles. The molecule has 1 aromatic rings. The molecule has 3 nitrogen and oxygen atoms in total. The standard InChI is InChI=1S/C15H23NO2/c1-11-7-6-8-13(12(11)2)9-16-10-14(17)18-15(3,4)5/h6-8,16H,9-10H2,1-5H3. The predicted molar refractivity (Wildman–Crippen MR) is 73.5 cm³/mol. The molecule has 0 aromatic heterocycles. The summed E-state index contributed by atoms with van der Waals surface area (Å²) in [7, 11) is 0. The van der Waals surface area contributed by atoms with Gasteiger partial charge in [-0.25, -0.2) is 0 Å². The predicted octanol–water partition coefficient (Wildman–Crippen LogP) is 2.73. The van der Waals surface area contributed by atoms with Crippen molar-refractivity contribution in [1.82, 2.24) is 5.32 Å². The lowest BCUT2D eigenvalue weighted by atomic mass is 10.0. The summed E-state index contributed by atoms with van der Waals surface area (Å²) >= 11 is 0. The third kappa shape index (κ3) is 4.88. The number of carbonyl (C=O) groups excluding carboxylic acids is 1. The second-order valence-corrected chi connectivity index (χ2v) is 5.55. The molecule has 1 aromatic carbocycles. The topological polar surface area (TPSA) is 38.3 Å². The van der Waals surface area contributed by atoms with Crippen molar-refractivity contribution in [3.8, 4) is 0 Å². The van der Waals surface area contributed by atoms with E-state index in [4.69, 9.17) is 4.74 Å². The summed E-state index contributed by atoms with van der Waals surface area (Å²) in [5.41, 5.74) is 3.34. The van der Waals surface area contributed by atoms with Crippen molar-refractivity contribution in [2.75, 3.05) is 6.54 Å². The number of carbonyl (C=O) groups is 1. The molecule has 3 heteroatoms. The molecule has 0 aliphatic carbocycles. The van der Waals surface area contributed by atoms with Gasteiger partial charge < -0.3 is 10.1 Å². The number of esters is 1. The molecule has 0 amide bonds. The Balaban J connectivity index is 2.43. The maximum Gasteiger partial charge on any atom is 0.320 e. The zero-order valence-electron chi connectivity index (χ0n) is 12.0. The van der Waals surface area contributed by atoms with E-state index in [9.17, 15) is 4.79 Å². The Kier molecular flexibility index (Phi) is 4.91. The molecule has 0 spiro atoms. The number of hydrogen-bond donors (Lipinski definition) is 1. The Morgan fingerprint density at radius 1 is 1.28 bits per heavy atom. The van der Waals surface area contributed by atoms with Gasteiger partial charge in [-0.2, -0.15) is 0 Å². The first-order valence-corrected chi connectivity index (χ1v) is 6.27. The molecule has 0 atom stereocenters. The summed E-state index contributed by atoms with van der Waals surface area (Å²) in [4.78, 5) is 11.5. The van der Waals surface area contributed by atoms with Crippen LogP contribution in [-0.2, 0) is 16.1 Å². The van der Waals surface area contributed by atoms with Gasteiger partial charge in [0, 0.05) is 6.54 Å². The van der Waals surface area contributed by atoms with Crippen LogP contribution in [0.15, 0.2) is 18.2 Å². The van der Waals surface area contributed by atoms with Crippen LogP contribution in [0.25, 0.3) is 0 Å². The Bertz CT molecular complexity index is 419. The first-order chi connectivity index (χ1) is 8.29. The van der Waals surface area contributed by atoms with Crippen molar-refractivity contribution in [3.63, 3.8) is 0 Å². The molecule has 0 unspecified atom stereocenters. The van der Waals surface area contributed by atoms with E-state index in [-0.39, 0.29) is 12.5 Å². The van der Waals surface area contributed by atoms with Crippen LogP contribution < -0.4 is 5.32 Å². The summed E-state index contributed by atoms with van der Waals surface area (Å²) in [6, 6.07) is 6.20. The monoisotopic (exact) mass is 249 g/mol. The van der Waals surface area contributed by atoms with Gasteiger partial charge in [-0.15, -0.1) is 0 Å². The van der Waals surface area contributed by atoms with E-state index < -0.39 is 5.60 Å². The normalized spacial score (nSPS) is 11.4. The maximum absolute atomic E-state index is 11.5. The molecule has 0 radical (unpaired) electrons. The van der Waals surface area contributed by atoms with Gasteiger partial charge >= 0.3 is 5.97 Å². The van der Waals surface area contributed by atoms with E-state index in [1.54, 1.807) is 0 Å². The van der Waals surface area contributed by atoms with Crippen molar-refractivity contribution in [1.29, 1.82) is 0 Å². The number of hydrogen-bond acceptors (Lipinski definition) is 3. The molecular weight excluding hydrogens is 226 g/mol. The molecule has 0 heterocycles. The Morgan fingerprint density at radius 2 is 1.94 bits per heavy atom. The number of ether oxygens (including phenoxy) is 1. The molecule has 1 rings (SSSR count). The Morgan fingerprint density at radius 3 is 2.56 bits per heavy atom. The quantitative estimate of drug-likeness (QED) is 0.834. The minimum atomic E-state index is -0.419. The first-order valence-electron chi connectivity index (χ1n) is 6.27. The smallest absolute Gasteiger partial charge is 0.320 e. The van der Waals surface area contributed by atoms with Crippen LogP contribution in [-0.4, -0.2) is 18.1 Å². The second kappa shape index (κ2) is 6.01. The summed E-state index contributed by atoms with van der Waals surface area (Å²) < 4.78 is 5.23. The number of rotatable bonds is 4. The number of aryl methyl sites for hydroxylation is 1. The van der Waals surface area contributed by atoms with Gasteiger partial charge in [0.15, 0.2) is 0 Å². The van der Waals surface area contributed by atoms with Crippen molar-refractivity contribution in [2.45, 2.75) is 46.8 Å². The van der Waals surface area contributed by atoms with E-state index in [2.05, 4.69) is 31.3 Å². The second-order valence-electron chi connectivity index (χ2n) is 5.55. The van der Waals surface area contributed by atoms with Gasteiger partial charge in [0.25, 0.3) is 0 Å². The highest BCUT2D eigenvalue weighted by Crippen LogP contribution is 2.12. The van der Waals surface area contributed by atoms with Crippen LogP contribution in [0.5, 0.6) is 0 Å². The highest BCUT2D eigenvalue weighted by atomic mass is 16.6. The lowest BCUT2D eigenvalue weighted by Gasteiger charge is -2.19. The van der Waals surface area contributed by atoms with E-state index in [1.165, 1.54) is 16.7 Å². The molecule has 1 N–H and O–H groups in total. The van der Waals surface area contributed by atoms with Gasteiger partial charge in [-0.05, 0) is 51.3 Å². The van der Waals surface area contributed by atoms with E-state index in [1.807, 2.05) is 26.8 Å². The van der Waals surface area contributed by atoms with Gasteiger partial charge in [0.2, 0.25) is 0 Å². The van der Waals surface area contributed by atoms with Crippen LogP contribution in [0, 0.1) is 13.8 Å². The van der Waals surface area contributed by atoms with Gasteiger partial charge in [-0.3, -0.25) is 4.79 Å². The lowest BCUT2D eigenvalue weighted by Crippen LogP contribution is -2.31. The molecule has 0 fully saturated rings. The maximum atomic E-state index is 11.5. The minimum Gasteiger partial charge on any atom is -0.459 e. The first kappa shape index (κ1) is 14.7. The summed E-state index contributed by atoms with van der Waals surface area (Å²) in [6.45, 7) is 10.7. The van der Waals surface area contributed by atoms with Crippen molar-refractivity contribution in [2.24, 2.45) is 0 Å².